The number of pyridine rings is 2. The highest BCUT2D eigenvalue weighted by atomic mass is 32.2. The fourth-order valence-corrected chi connectivity index (χ4v) is 3.48. The van der Waals surface area contributed by atoms with E-state index in [1.54, 1.807) is 18.3 Å². The van der Waals surface area contributed by atoms with Gasteiger partial charge in [-0.3, -0.25) is 4.79 Å². The van der Waals surface area contributed by atoms with E-state index in [4.69, 9.17) is 5.73 Å². The third kappa shape index (κ3) is 4.13. The van der Waals surface area contributed by atoms with E-state index in [-0.39, 0.29) is 5.91 Å². The van der Waals surface area contributed by atoms with Gasteiger partial charge in [0.15, 0.2) is 0 Å². The minimum Gasteiger partial charge on any atom is -0.397 e. The minimum absolute atomic E-state index is 0.245. The van der Waals surface area contributed by atoms with Gasteiger partial charge in [-0.1, -0.05) is 48.2 Å². The number of para-hydroxylation sites is 1. The van der Waals surface area contributed by atoms with Gasteiger partial charge in [0.05, 0.1) is 22.5 Å². The number of hydrogen-bond acceptors (Lipinski definition) is 5. The molecule has 138 valence electrons. The summed E-state index contributed by atoms with van der Waals surface area (Å²) in [5.41, 5.74) is 8.50. The van der Waals surface area contributed by atoms with Crippen LogP contribution in [0.2, 0.25) is 0 Å². The molecule has 0 fully saturated rings. The Hall–Kier alpha value is -3.38. The molecule has 6 heteroatoms. The van der Waals surface area contributed by atoms with Gasteiger partial charge in [-0.2, -0.15) is 0 Å². The number of benzene rings is 1. The summed E-state index contributed by atoms with van der Waals surface area (Å²) < 4.78 is 0. The Labute approximate surface area is 167 Å². The van der Waals surface area contributed by atoms with Crippen LogP contribution in [0, 0.1) is 0 Å². The zero-order valence-corrected chi connectivity index (χ0v) is 15.8. The van der Waals surface area contributed by atoms with Crippen LogP contribution in [-0.4, -0.2) is 15.9 Å². The zero-order valence-electron chi connectivity index (χ0n) is 15.0. The van der Waals surface area contributed by atoms with E-state index in [1.807, 2.05) is 60.7 Å². The highest BCUT2D eigenvalue weighted by Crippen LogP contribution is 2.26. The first-order valence-electron chi connectivity index (χ1n) is 8.83. The van der Waals surface area contributed by atoms with E-state index in [0.717, 1.165) is 27.4 Å². The van der Waals surface area contributed by atoms with Crippen LogP contribution in [0.5, 0.6) is 0 Å². The number of fused-ring (bicyclic) bond motifs is 1. The number of carbonyl (C=O) groups excluding carboxylic acids is 1. The molecule has 0 unspecified atom stereocenters. The number of nitrogens with one attached hydrogen (secondary N) is 1. The molecule has 0 radical (unpaired) electrons. The largest absolute Gasteiger partial charge is 0.397 e. The molecule has 1 aromatic carbocycles. The Bertz CT molecular complexity index is 1120. The van der Waals surface area contributed by atoms with Crippen LogP contribution in [0.25, 0.3) is 10.9 Å². The molecule has 4 rings (SSSR count). The molecule has 28 heavy (non-hydrogen) atoms. The molecule has 0 saturated heterocycles. The van der Waals surface area contributed by atoms with Crippen LogP contribution in [-0.2, 0) is 0 Å². The summed E-state index contributed by atoms with van der Waals surface area (Å²) in [5, 5.41) is 5.56. The number of allylic oxidation sites excluding steroid dienone is 4. The van der Waals surface area contributed by atoms with Gasteiger partial charge in [0.2, 0.25) is 0 Å². The maximum absolute atomic E-state index is 12.5. The number of rotatable bonds is 4. The van der Waals surface area contributed by atoms with Crippen molar-refractivity contribution in [1.82, 2.24) is 15.3 Å². The summed E-state index contributed by atoms with van der Waals surface area (Å²) in [5.74, 6) is -0.245. The van der Waals surface area contributed by atoms with E-state index >= 15 is 0 Å². The number of carbonyl (C=O) groups is 1. The van der Waals surface area contributed by atoms with Crippen molar-refractivity contribution in [1.29, 1.82) is 0 Å². The predicted molar refractivity (Wildman–Crippen MR) is 112 cm³/mol. The van der Waals surface area contributed by atoms with Gasteiger partial charge in [0, 0.05) is 11.6 Å². The molecule has 0 bridgehead atoms. The second-order valence-corrected chi connectivity index (χ2v) is 7.23. The molecule has 1 aliphatic carbocycles. The lowest BCUT2D eigenvalue weighted by molar-refractivity contribution is 0.0966. The SMILES string of the molecule is NC1=C(NC(=O)c2ccc(Sc3ccc4ccccc4n3)nc2)C=CCC=C1. The molecule has 3 aromatic rings. The van der Waals surface area contributed by atoms with Crippen molar-refractivity contribution in [3.63, 3.8) is 0 Å². The Morgan fingerprint density at radius 3 is 2.68 bits per heavy atom. The van der Waals surface area contributed by atoms with Gasteiger partial charge in [-0.15, -0.1) is 0 Å². The lowest BCUT2D eigenvalue weighted by atomic mass is 10.2. The maximum atomic E-state index is 12.5. The molecule has 1 amide bonds. The van der Waals surface area contributed by atoms with Gasteiger partial charge >= 0.3 is 0 Å². The molecule has 3 N–H and O–H groups in total. The van der Waals surface area contributed by atoms with E-state index in [1.165, 1.54) is 11.8 Å². The summed E-state index contributed by atoms with van der Waals surface area (Å²) in [7, 11) is 0. The van der Waals surface area contributed by atoms with Gasteiger partial charge in [0.25, 0.3) is 5.91 Å². The maximum Gasteiger partial charge on any atom is 0.257 e. The molecule has 0 spiro atoms. The van der Waals surface area contributed by atoms with Gasteiger partial charge < -0.3 is 11.1 Å². The van der Waals surface area contributed by atoms with Crippen molar-refractivity contribution in [2.24, 2.45) is 5.73 Å². The number of amides is 1. The van der Waals surface area contributed by atoms with Crippen LogP contribution in [0.15, 0.2) is 100 Å². The highest BCUT2D eigenvalue weighted by Gasteiger charge is 2.10. The second-order valence-electron chi connectivity index (χ2n) is 6.19. The Morgan fingerprint density at radius 2 is 1.82 bits per heavy atom. The van der Waals surface area contributed by atoms with Gasteiger partial charge in [0.1, 0.15) is 10.1 Å². The van der Waals surface area contributed by atoms with Crippen molar-refractivity contribution in [2.45, 2.75) is 16.5 Å². The first kappa shape index (κ1) is 18.0. The van der Waals surface area contributed by atoms with Crippen LogP contribution in [0.4, 0.5) is 0 Å². The molecule has 2 aromatic heterocycles. The molecule has 0 saturated carbocycles. The van der Waals surface area contributed by atoms with Crippen LogP contribution < -0.4 is 11.1 Å². The fourth-order valence-electron chi connectivity index (χ4n) is 2.74. The third-order valence-corrected chi connectivity index (χ3v) is 5.08. The molecule has 2 heterocycles. The average Bonchev–Trinajstić information content (AvgIpc) is 2.92. The minimum atomic E-state index is -0.245. The first-order chi connectivity index (χ1) is 13.7. The van der Waals surface area contributed by atoms with Gasteiger partial charge in [-0.25, -0.2) is 9.97 Å². The number of nitrogens with zero attached hydrogens (tertiary/aromatic N) is 2. The monoisotopic (exact) mass is 386 g/mol. The Morgan fingerprint density at radius 1 is 1.00 bits per heavy atom. The number of aromatic nitrogens is 2. The highest BCUT2D eigenvalue weighted by molar-refractivity contribution is 7.99. The van der Waals surface area contributed by atoms with Crippen molar-refractivity contribution in [2.75, 3.05) is 0 Å². The molecule has 5 nitrogen and oxygen atoms in total. The summed E-state index contributed by atoms with van der Waals surface area (Å²) >= 11 is 1.46. The quantitative estimate of drug-likeness (QED) is 0.702. The van der Waals surface area contributed by atoms with Crippen molar-refractivity contribution < 1.29 is 4.79 Å². The molecule has 0 atom stereocenters. The summed E-state index contributed by atoms with van der Waals surface area (Å²) in [6.45, 7) is 0. The van der Waals surface area contributed by atoms with Crippen LogP contribution in [0.1, 0.15) is 16.8 Å². The predicted octanol–water partition coefficient (Wildman–Crippen LogP) is 4.20. The standard InChI is InChI=1S/C22H18N4OS/c23-17-7-2-1-3-9-19(17)26-22(27)16-11-12-20(24-14-16)28-21-13-10-15-6-4-5-8-18(15)25-21/h2-14H,1,23H2,(H,26,27). The number of hydrogen-bond donors (Lipinski definition) is 2. The molecular weight excluding hydrogens is 368 g/mol. The lowest BCUT2D eigenvalue weighted by Crippen LogP contribution is -2.24. The Balaban J connectivity index is 1.47. The molecule has 1 aliphatic rings. The number of nitrogens with two attached hydrogens (primary N) is 1. The van der Waals surface area contributed by atoms with Crippen molar-refractivity contribution in [3.05, 3.63) is 96.0 Å². The van der Waals surface area contributed by atoms with E-state index in [0.29, 0.717) is 17.0 Å². The zero-order chi connectivity index (χ0) is 19.3. The molecular formula is C22H18N4OS. The fraction of sp³-hybridized carbons (Fsp3) is 0.0455. The summed E-state index contributed by atoms with van der Waals surface area (Å²) in [4.78, 5) is 21.5. The van der Waals surface area contributed by atoms with Gasteiger partial charge in [-0.05, 0) is 42.8 Å². The average molecular weight is 386 g/mol. The second kappa shape index (κ2) is 8.10. The van der Waals surface area contributed by atoms with Crippen LogP contribution in [0.3, 0.4) is 0 Å². The first-order valence-corrected chi connectivity index (χ1v) is 9.64. The van der Waals surface area contributed by atoms with E-state index < -0.39 is 0 Å². The topological polar surface area (TPSA) is 80.9 Å². The smallest absolute Gasteiger partial charge is 0.257 e. The van der Waals surface area contributed by atoms with E-state index in [2.05, 4.69) is 15.3 Å². The summed E-state index contributed by atoms with van der Waals surface area (Å²) in [6.07, 6.45) is 9.85. The van der Waals surface area contributed by atoms with Crippen LogP contribution >= 0.6 is 11.8 Å². The van der Waals surface area contributed by atoms with Crippen molar-refractivity contribution in [3.8, 4) is 0 Å². The van der Waals surface area contributed by atoms with Crippen molar-refractivity contribution >= 4 is 28.6 Å². The normalized spacial score (nSPS) is 13.6. The lowest BCUT2D eigenvalue weighted by Gasteiger charge is -2.08. The van der Waals surface area contributed by atoms with E-state index in [9.17, 15) is 4.79 Å². The Kier molecular flexibility index (Phi) is 5.21. The molecule has 0 aliphatic heterocycles. The summed E-state index contributed by atoms with van der Waals surface area (Å²) in [6, 6.07) is 15.6. The third-order valence-electron chi connectivity index (χ3n) is 4.19.